The number of primary amides is 1. The van der Waals surface area contributed by atoms with Gasteiger partial charge in [-0.15, -0.1) is 0 Å². The number of nitrogens with two attached hydrogens (primary N) is 1. The number of nitro benzene ring substituents is 1. The van der Waals surface area contributed by atoms with Crippen LogP contribution >= 0.6 is 0 Å². The number of carbonyl (C=O) groups is 3. The van der Waals surface area contributed by atoms with Crippen LogP contribution in [0, 0.1) is 10.1 Å². The van der Waals surface area contributed by atoms with Crippen LogP contribution in [0.5, 0.6) is 0 Å². The second-order valence-electron chi connectivity index (χ2n) is 5.46. The number of nitro groups is 1. The van der Waals surface area contributed by atoms with Crippen LogP contribution in [0.2, 0.25) is 0 Å². The maximum absolute atomic E-state index is 12.4. The van der Waals surface area contributed by atoms with Crippen molar-refractivity contribution in [1.82, 2.24) is 0 Å². The number of amides is 3. The number of nitrogens with zero attached hydrogens (tertiary/aromatic N) is 2. The first kappa shape index (κ1) is 20.0. The molecular formula is C17H16N6O5. The number of urea groups is 1. The Kier molecular flexibility index (Phi) is 6.36. The number of carbonyl (C=O) groups excluding carboxylic acids is 3. The second kappa shape index (κ2) is 8.89. The average Bonchev–Trinajstić information content (AvgIpc) is 2.61. The van der Waals surface area contributed by atoms with E-state index in [-0.39, 0.29) is 11.4 Å². The van der Waals surface area contributed by atoms with Crippen molar-refractivity contribution >= 4 is 46.2 Å². The van der Waals surface area contributed by atoms with Gasteiger partial charge in [0.2, 0.25) is 0 Å². The Morgan fingerprint density at radius 2 is 1.61 bits per heavy atom. The number of hydrazone groups is 1. The van der Waals surface area contributed by atoms with E-state index in [1.807, 2.05) is 0 Å². The molecule has 0 saturated carbocycles. The van der Waals surface area contributed by atoms with Crippen LogP contribution < -0.4 is 21.8 Å². The number of Topliss-reactive ketones (excluding diaryl/α,β-unsaturated/α-hetero) is 1. The maximum Gasteiger partial charge on any atom is 0.316 e. The molecule has 0 bridgehead atoms. The number of nitrogens with one attached hydrogen (secondary N) is 3. The van der Waals surface area contributed by atoms with Gasteiger partial charge in [-0.1, -0.05) is 12.1 Å². The number of hydrogen-bond donors (Lipinski definition) is 4. The van der Waals surface area contributed by atoms with Gasteiger partial charge in [-0.05, 0) is 24.3 Å². The molecule has 5 N–H and O–H groups in total. The molecule has 2 rings (SSSR count). The third kappa shape index (κ3) is 5.62. The fourth-order valence-electron chi connectivity index (χ4n) is 2.11. The average molecular weight is 384 g/mol. The first-order valence-corrected chi connectivity index (χ1v) is 7.83. The minimum atomic E-state index is -0.804. The van der Waals surface area contributed by atoms with Crippen LogP contribution in [0.1, 0.15) is 6.92 Å². The highest BCUT2D eigenvalue weighted by molar-refractivity contribution is 6.67. The fourth-order valence-corrected chi connectivity index (χ4v) is 2.11. The number of rotatable bonds is 7. The van der Waals surface area contributed by atoms with E-state index in [0.29, 0.717) is 11.4 Å². The van der Waals surface area contributed by atoms with Crippen molar-refractivity contribution in [2.24, 2.45) is 10.8 Å². The van der Waals surface area contributed by atoms with Gasteiger partial charge in [0, 0.05) is 30.4 Å². The van der Waals surface area contributed by atoms with E-state index in [1.54, 1.807) is 12.1 Å². The molecule has 0 saturated heterocycles. The summed E-state index contributed by atoms with van der Waals surface area (Å²) < 4.78 is 0. The third-order valence-electron chi connectivity index (χ3n) is 3.29. The summed E-state index contributed by atoms with van der Waals surface area (Å²) in [7, 11) is 0. The number of non-ortho nitro benzene ring substituents is 1. The molecule has 0 heterocycles. The minimum Gasteiger partial charge on any atom is -0.351 e. The van der Waals surface area contributed by atoms with Crippen LogP contribution in [0.15, 0.2) is 53.6 Å². The van der Waals surface area contributed by atoms with Crippen LogP contribution in [-0.2, 0) is 9.59 Å². The van der Waals surface area contributed by atoms with Crippen LogP contribution in [0.25, 0.3) is 0 Å². The predicted molar refractivity (Wildman–Crippen MR) is 103 cm³/mol. The SMILES string of the molecule is CC(=O)/C(=N/Nc1cccc([N+](=O)[O-])c1)C(=O)Nc1cccc(NC(N)=O)c1. The van der Waals surface area contributed by atoms with Gasteiger partial charge in [0.1, 0.15) is 0 Å². The molecule has 0 radical (unpaired) electrons. The lowest BCUT2D eigenvalue weighted by atomic mass is 10.2. The summed E-state index contributed by atoms with van der Waals surface area (Å²) in [6, 6.07) is 10.8. The fraction of sp³-hybridized carbons (Fsp3) is 0.0588. The lowest BCUT2D eigenvalue weighted by Crippen LogP contribution is -2.29. The van der Waals surface area contributed by atoms with Crippen LogP contribution in [-0.4, -0.2) is 28.4 Å². The van der Waals surface area contributed by atoms with Gasteiger partial charge >= 0.3 is 6.03 Å². The van der Waals surface area contributed by atoms with Gasteiger partial charge in [-0.25, -0.2) is 4.79 Å². The van der Waals surface area contributed by atoms with E-state index in [2.05, 4.69) is 21.2 Å². The van der Waals surface area contributed by atoms with E-state index in [4.69, 9.17) is 5.73 Å². The molecule has 11 nitrogen and oxygen atoms in total. The molecule has 144 valence electrons. The second-order valence-corrected chi connectivity index (χ2v) is 5.46. The quantitative estimate of drug-likeness (QED) is 0.246. The van der Waals surface area contributed by atoms with Gasteiger partial charge in [0.15, 0.2) is 11.5 Å². The van der Waals surface area contributed by atoms with Crippen molar-refractivity contribution in [3.63, 3.8) is 0 Å². The normalized spacial score (nSPS) is 10.7. The predicted octanol–water partition coefficient (Wildman–Crippen LogP) is 2.08. The van der Waals surface area contributed by atoms with E-state index in [0.717, 1.165) is 6.92 Å². The zero-order valence-corrected chi connectivity index (χ0v) is 14.6. The molecule has 0 atom stereocenters. The minimum absolute atomic E-state index is 0.173. The highest BCUT2D eigenvalue weighted by atomic mass is 16.6. The van der Waals surface area contributed by atoms with Crippen molar-refractivity contribution < 1.29 is 19.3 Å². The standard InChI is InChI=1S/C17H16N6O5/c1-10(24)15(22-21-13-6-3-7-14(9-13)23(27)28)16(25)19-11-4-2-5-12(8-11)20-17(18)26/h2-9,21H,1H3,(H,19,25)(H3,18,20,26)/b22-15-. The van der Waals surface area contributed by atoms with E-state index < -0.39 is 28.4 Å². The Balaban J connectivity index is 2.17. The molecule has 0 aliphatic carbocycles. The zero-order chi connectivity index (χ0) is 20.7. The number of benzene rings is 2. The van der Waals surface area contributed by atoms with Crippen molar-refractivity contribution in [2.45, 2.75) is 6.92 Å². The molecule has 28 heavy (non-hydrogen) atoms. The van der Waals surface area contributed by atoms with Gasteiger partial charge in [-0.3, -0.25) is 25.1 Å². The summed E-state index contributed by atoms with van der Waals surface area (Å²) in [6.45, 7) is 1.15. The Hall–Kier alpha value is -4.28. The summed E-state index contributed by atoms with van der Waals surface area (Å²) in [5.74, 6) is -1.43. The van der Waals surface area contributed by atoms with Gasteiger partial charge in [-0.2, -0.15) is 5.10 Å². The molecule has 3 amide bonds. The lowest BCUT2D eigenvalue weighted by molar-refractivity contribution is -0.384. The van der Waals surface area contributed by atoms with Crippen LogP contribution in [0.4, 0.5) is 27.5 Å². The zero-order valence-electron chi connectivity index (χ0n) is 14.6. The lowest BCUT2D eigenvalue weighted by Gasteiger charge is -2.08. The Morgan fingerprint density at radius 1 is 1.00 bits per heavy atom. The molecular weight excluding hydrogens is 368 g/mol. The van der Waals surface area contributed by atoms with Crippen molar-refractivity contribution in [3.05, 3.63) is 58.6 Å². The summed E-state index contributed by atoms with van der Waals surface area (Å²) in [5.41, 5.74) is 7.74. The van der Waals surface area contributed by atoms with Gasteiger partial charge in [0.25, 0.3) is 11.6 Å². The molecule has 0 unspecified atom stereocenters. The molecule has 0 fully saturated rings. The van der Waals surface area contributed by atoms with E-state index >= 15 is 0 Å². The highest BCUT2D eigenvalue weighted by Crippen LogP contribution is 2.17. The Bertz CT molecular complexity index is 972. The third-order valence-corrected chi connectivity index (χ3v) is 3.29. The first-order valence-electron chi connectivity index (χ1n) is 7.83. The monoisotopic (exact) mass is 384 g/mol. The topological polar surface area (TPSA) is 169 Å². The van der Waals surface area contributed by atoms with E-state index in [9.17, 15) is 24.5 Å². The number of ketones is 1. The molecule has 0 spiro atoms. The largest absolute Gasteiger partial charge is 0.351 e. The highest BCUT2D eigenvalue weighted by Gasteiger charge is 2.17. The van der Waals surface area contributed by atoms with Gasteiger partial charge in [0.05, 0.1) is 10.6 Å². The number of hydrogen-bond acceptors (Lipinski definition) is 7. The molecule has 11 heteroatoms. The molecule has 2 aromatic carbocycles. The smallest absolute Gasteiger partial charge is 0.316 e. The maximum atomic E-state index is 12.4. The Morgan fingerprint density at radius 3 is 2.21 bits per heavy atom. The van der Waals surface area contributed by atoms with Crippen molar-refractivity contribution in [1.29, 1.82) is 0 Å². The Labute approximate surface area is 158 Å². The van der Waals surface area contributed by atoms with Crippen molar-refractivity contribution in [2.75, 3.05) is 16.1 Å². The molecule has 0 aliphatic heterocycles. The van der Waals surface area contributed by atoms with E-state index in [1.165, 1.54) is 36.4 Å². The first-order chi connectivity index (χ1) is 13.3. The molecule has 2 aromatic rings. The summed E-state index contributed by atoms with van der Waals surface area (Å²) in [5, 5.41) is 19.4. The summed E-state index contributed by atoms with van der Waals surface area (Å²) in [4.78, 5) is 45.2. The summed E-state index contributed by atoms with van der Waals surface area (Å²) >= 11 is 0. The van der Waals surface area contributed by atoms with Crippen LogP contribution in [0.3, 0.4) is 0 Å². The van der Waals surface area contributed by atoms with Gasteiger partial charge < -0.3 is 16.4 Å². The molecule has 0 aromatic heterocycles. The van der Waals surface area contributed by atoms with Crippen molar-refractivity contribution in [3.8, 4) is 0 Å². The molecule has 0 aliphatic rings. The number of anilines is 3. The summed E-state index contributed by atoms with van der Waals surface area (Å²) in [6.07, 6.45) is 0.